The Morgan fingerprint density at radius 3 is 2.02 bits per heavy atom. The van der Waals surface area contributed by atoms with Crippen LogP contribution in [0.5, 0.6) is 0 Å². The van der Waals surface area contributed by atoms with Crippen molar-refractivity contribution in [1.82, 2.24) is 14.1 Å². The lowest BCUT2D eigenvalue weighted by atomic mass is 9.82. The fourth-order valence-electron chi connectivity index (χ4n) is 9.77. The first-order valence-electron chi connectivity index (χ1n) is 19.1. The van der Waals surface area contributed by atoms with Crippen LogP contribution in [-0.2, 0) is 5.41 Å². The van der Waals surface area contributed by atoms with Crippen LogP contribution < -0.4 is 0 Å². The second-order valence-corrected chi connectivity index (χ2v) is 15.6. The quantitative estimate of drug-likeness (QED) is 0.168. The van der Waals surface area contributed by atoms with E-state index in [2.05, 4.69) is 187 Å². The molecule has 0 amide bonds. The number of rotatable bonds is 3. The minimum atomic E-state index is -0.0900. The van der Waals surface area contributed by atoms with Gasteiger partial charge < -0.3 is 9.13 Å². The van der Waals surface area contributed by atoms with Crippen molar-refractivity contribution in [2.24, 2.45) is 0 Å². The maximum Gasteiger partial charge on any atom is 0.0786 e. The Labute approximate surface area is 318 Å². The van der Waals surface area contributed by atoms with Gasteiger partial charge in [-0.3, -0.25) is 4.98 Å². The number of hydrogen-bond donors (Lipinski definition) is 0. The van der Waals surface area contributed by atoms with E-state index in [-0.39, 0.29) is 5.41 Å². The van der Waals surface area contributed by atoms with E-state index in [0.29, 0.717) is 0 Å². The standard InChI is InChI=1S/C52H35N3/c1-52(2)44-19-8-6-16-38(44)40-30-43-39-17-7-9-20-46(39)55(49(43)31-45(40)52)36-24-26-48-42(29-36)41-28-34(23-25-47(41)54(48)35-14-4-3-5-15-35)37-18-10-12-32-21-22-33-13-11-27-53-51(33)50(32)37/h3-31H,1-2H3. The van der Waals surface area contributed by atoms with Crippen molar-refractivity contribution < 1.29 is 0 Å². The van der Waals surface area contributed by atoms with E-state index in [4.69, 9.17) is 4.98 Å². The first-order valence-corrected chi connectivity index (χ1v) is 19.1. The molecule has 55 heavy (non-hydrogen) atoms. The molecule has 1 aliphatic carbocycles. The Morgan fingerprint density at radius 1 is 0.418 bits per heavy atom. The molecule has 0 unspecified atom stereocenters. The lowest BCUT2D eigenvalue weighted by Crippen LogP contribution is -2.14. The van der Waals surface area contributed by atoms with Crippen molar-refractivity contribution in [3.05, 3.63) is 187 Å². The molecular weight excluding hydrogens is 667 g/mol. The first kappa shape index (κ1) is 30.5. The molecule has 258 valence electrons. The molecule has 0 bridgehead atoms. The molecule has 0 spiro atoms. The summed E-state index contributed by atoms with van der Waals surface area (Å²) in [5.74, 6) is 0. The summed E-state index contributed by atoms with van der Waals surface area (Å²) < 4.78 is 4.90. The van der Waals surface area contributed by atoms with Gasteiger partial charge in [-0.25, -0.2) is 0 Å². The SMILES string of the molecule is CC1(C)c2ccccc2-c2cc3c4ccccc4n(-c4ccc5c(c4)c4cc(-c6cccc7ccc8cccnc8c67)ccc4n5-c4ccccc4)c3cc21. The number of benzene rings is 8. The lowest BCUT2D eigenvalue weighted by molar-refractivity contribution is 0.661. The van der Waals surface area contributed by atoms with Gasteiger partial charge in [0.2, 0.25) is 0 Å². The molecular formula is C52H35N3. The summed E-state index contributed by atoms with van der Waals surface area (Å²) in [4.78, 5) is 4.88. The second-order valence-electron chi connectivity index (χ2n) is 15.6. The normalized spacial score (nSPS) is 13.4. The summed E-state index contributed by atoms with van der Waals surface area (Å²) in [6.07, 6.45) is 1.90. The summed E-state index contributed by atoms with van der Waals surface area (Å²) in [6, 6.07) is 62.7. The number of aromatic nitrogens is 3. The molecule has 3 heteroatoms. The Bertz CT molecular complexity index is 3400. The number of para-hydroxylation sites is 2. The average molecular weight is 702 g/mol. The van der Waals surface area contributed by atoms with Gasteiger partial charge in [-0.15, -0.1) is 0 Å². The Kier molecular flexibility index (Phi) is 6.12. The summed E-state index contributed by atoms with van der Waals surface area (Å²) in [6.45, 7) is 4.74. The molecule has 3 nitrogen and oxygen atoms in total. The van der Waals surface area contributed by atoms with E-state index < -0.39 is 0 Å². The van der Waals surface area contributed by atoms with Crippen molar-refractivity contribution >= 4 is 65.3 Å². The summed E-state index contributed by atoms with van der Waals surface area (Å²) in [7, 11) is 0. The zero-order chi connectivity index (χ0) is 36.4. The molecule has 8 aromatic carbocycles. The number of nitrogens with zero attached hydrogens (tertiary/aromatic N) is 3. The van der Waals surface area contributed by atoms with E-state index >= 15 is 0 Å². The van der Waals surface area contributed by atoms with Gasteiger partial charge in [0.15, 0.2) is 0 Å². The number of hydrogen-bond acceptors (Lipinski definition) is 1. The van der Waals surface area contributed by atoms with Crippen LogP contribution in [0.1, 0.15) is 25.0 Å². The molecule has 3 heterocycles. The van der Waals surface area contributed by atoms with Crippen molar-refractivity contribution in [3.63, 3.8) is 0 Å². The summed E-state index contributed by atoms with van der Waals surface area (Å²) >= 11 is 0. The topological polar surface area (TPSA) is 22.8 Å². The minimum Gasteiger partial charge on any atom is -0.309 e. The van der Waals surface area contributed by atoms with Crippen LogP contribution in [0.4, 0.5) is 0 Å². The zero-order valence-corrected chi connectivity index (χ0v) is 30.6. The second kappa shape index (κ2) is 11.0. The molecule has 0 atom stereocenters. The smallest absolute Gasteiger partial charge is 0.0786 e. The molecule has 12 rings (SSSR count). The highest BCUT2D eigenvalue weighted by Crippen LogP contribution is 2.51. The molecule has 1 aliphatic rings. The first-order chi connectivity index (χ1) is 27.0. The highest BCUT2D eigenvalue weighted by molar-refractivity contribution is 6.16. The molecule has 0 saturated carbocycles. The van der Waals surface area contributed by atoms with Crippen LogP contribution in [0.15, 0.2) is 176 Å². The number of pyridine rings is 1. The molecule has 0 fully saturated rings. The van der Waals surface area contributed by atoms with Gasteiger partial charge in [-0.2, -0.15) is 0 Å². The number of fused-ring (bicyclic) bond motifs is 12. The van der Waals surface area contributed by atoms with Gasteiger partial charge in [0.25, 0.3) is 0 Å². The van der Waals surface area contributed by atoms with E-state index in [1.807, 2.05) is 12.3 Å². The predicted molar refractivity (Wildman–Crippen MR) is 231 cm³/mol. The molecule has 0 aliphatic heterocycles. The van der Waals surface area contributed by atoms with Gasteiger partial charge >= 0.3 is 0 Å². The van der Waals surface area contributed by atoms with Crippen LogP contribution in [0, 0.1) is 0 Å². The monoisotopic (exact) mass is 701 g/mol. The van der Waals surface area contributed by atoms with Gasteiger partial charge in [-0.1, -0.05) is 117 Å². The van der Waals surface area contributed by atoms with Crippen molar-refractivity contribution in [2.75, 3.05) is 0 Å². The third kappa shape index (κ3) is 4.18. The predicted octanol–water partition coefficient (Wildman–Crippen LogP) is 13.6. The third-order valence-electron chi connectivity index (χ3n) is 12.3. The van der Waals surface area contributed by atoms with Crippen molar-refractivity contribution in [2.45, 2.75) is 19.3 Å². The van der Waals surface area contributed by atoms with Crippen LogP contribution in [0.3, 0.4) is 0 Å². The molecule has 0 radical (unpaired) electrons. The van der Waals surface area contributed by atoms with Gasteiger partial charge in [0.1, 0.15) is 0 Å². The Hall–Kier alpha value is -6.97. The Morgan fingerprint density at radius 2 is 1.11 bits per heavy atom. The van der Waals surface area contributed by atoms with Gasteiger partial charge in [0.05, 0.1) is 27.6 Å². The average Bonchev–Trinajstić information content (AvgIpc) is 3.82. The maximum absolute atomic E-state index is 4.88. The van der Waals surface area contributed by atoms with Crippen molar-refractivity contribution in [3.8, 4) is 33.6 Å². The van der Waals surface area contributed by atoms with E-state index in [9.17, 15) is 0 Å². The third-order valence-corrected chi connectivity index (χ3v) is 12.3. The summed E-state index contributed by atoms with van der Waals surface area (Å²) in [5.41, 5.74) is 15.9. The lowest BCUT2D eigenvalue weighted by Gasteiger charge is -2.21. The van der Waals surface area contributed by atoms with Crippen molar-refractivity contribution in [1.29, 1.82) is 0 Å². The molecule has 3 aromatic heterocycles. The van der Waals surface area contributed by atoms with Crippen LogP contribution >= 0.6 is 0 Å². The van der Waals surface area contributed by atoms with Crippen LogP contribution in [0.25, 0.3) is 98.9 Å². The largest absolute Gasteiger partial charge is 0.309 e. The fourth-order valence-corrected chi connectivity index (χ4v) is 9.77. The zero-order valence-electron chi connectivity index (χ0n) is 30.6. The van der Waals surface area contributed by atoms with Gasteiger partial charge in [0, 0.05) is 55.3 Å². The highest BCUT2D eigenvalue weighted by atomic mass is 15.0. The van der Waals surface area contributed by atoms with E-state index in [0.717, 1.165) is 22.3 Å². The van der Waals surface area contributed by atoms with Crippen LogP contribution in [-0.4, -0.2) is 14.1 Å². The van der Waals surface area contributed by atoms with E-state index in [1.54, 1.807) is 0 Å². The maximum atomic E-state index is 4.88. The fraction of sp³-hybridized carbons (Fsp3) is 0.0577. The molecule has 0 N–H and O–H groups in total. The highest BCUT2D eigenvalue weighted by Gasteiger charge is 2.36. The van der Waals surface area contributed by atoms with E-state index in [1.165, 1.54) is 87.8 Å². The van der Waals surface area contributed by atoms with Gasteiger partial charge in [-0.05, 0) is 105 Å². The minimum absolute atomic E-state index is 0.0900. The Balaban J connectivity index is 1.15. The molecule has 11 aromatic rings. The molecule has 0 saturated heterocycles. The summed E-state index contributed by atoms with van der Waals surface area (Å²) in [5, 5.41) is 8.54. The van der Waals surface area contributed by atoms with Crippen LogP contribution in [0.2, 0.25) is 0 Å².